The van der Waals surface area contributed by atoms with Crippen molar-refractivity contribution in [1.29, 1.82) is 0 Å². The molecule has 4 amide bonds. The van der Waals surface area contributed by atoms with Crippen LogP contribution in [-0.2, 0) is 26.1 Å². The monoisotopic (exact) mass is 830 g/mol. The van der Waals surface area contributed by atoms with Gasteiger partial charge in [-0.05, 0) is 50.3 Å². The van der Waals surface area contributed by atoms with Crippen molar-refractivity contribution in [1.82, 2.24) is 31.7 Å². The molecule has 12 nitrogen and oxygen atoms in total. The molecule has 0 bridgehead atoms. The summed E-state index contributed by atoms with van der Waals surface area (Å²) in [7, 11) is 0. The Labute approximate surface area is 332 Å². The molecular formula is C36H30Cl2N8NiO4S2. The summed E-state index contributed by atoms with van der Waals surface area (Å²) >= 11 is 14.4. The van der Waals surface area contributed by atoms with E-state index in [1.54, 1.807) is 26.0 Å². The number of nitrogens with zero attached hydrogens (tertiary/aromatic N) is 2. The average molecular weight is 832 g/mol. The zero-order valence-corrected chi connectivity index (χ0v) is 31.9. The minimum atomic E-state index is -0.493. The van der Waals surface area contributed by atoms with Crippen molar-refractivity contribution < 1.29 is 35.7 Å². The number of thiazole rings is 2. The molecule has 0 fully saturated rings. The number of nitrogens with one attached hydrogen (secondary N) is 6. The van der Waals surface area contributed by atoms with Crippen molar-refractivity contribution in [2.24, 2.45) is 0 Å². The smallest absolute Gasteiger partial charge is 0.301 e. The predicted octanol–water partition coefficient (Wildman–Crippen LogP) is 7.94. The van der Waals surface area contributed by atoms with E-state index in [4.69, 9.17) is 23.2 Å². The van der Waals surface area contributed by atoms with Gasteiger partial charge in [-0.15, -0.1) is 22.7 Å². The molecule has 0 spiro atoms. The standard InChI is InChI=1S/2C18H15ClN4O2S.Ni/c2*1-11(14-9-13(19)7-8-16(14)24)22-23-17(25)21-18-20-15(10-26-18)12-5-3-2-4-6-12;/h2*2-10,22H,1H3,(H2,20,21,23,25);/b14-11+;14-11-;. The second kappa shape index (κ2) is 19.5. The van der Waals surface area contributed by atoms with Crippen molar-refractivity contribution in [2.75, 3.05) is 10.6 Å². The number of halogens is 2. The number of urea groups is 2. The molecule has 53 heavy (non-hydrogen) atoms. The van der Waals surface area contributed by atoms with Gasteiger partial charge in [0.1, 0.15) is 0 Å². The second-order valence-corrected chi connectivity index (χ2v) is 13.3. The number of hydrogen-bond acceptors (Lipinski definition) is 10. The Hall–Kier alpha value is -5.31. The molecule has 6 rings (SSSR count). The number of allylic oxidation sites excluding steroid dienone is 12. The zero-order chi connectivity index (χ0) is 37.0. The van der Waals surface area contributed by atoms with Crippen molar-refractivity contribution in [2.45, 2.75) is 13.8 Å². The molecule has 2 heterocycles. The van der Waals surface area contributed by atoms with Crippen LogP contribution in [0.1, 0.15) is 13.8 Å². The van der Waals surface area contributed by atoms with E-state index in [1.807, 2.05) is 71.4 Å². The molecule has 0 radical (unpaired) electrons. The number of hydrogen-bond donors (Lipinski definition) is 6. The fourth-order valence-corrected chi connectivity index (χ4v) is 6.20. The van der Waals surface area contributed by atoms with Gasteiger partial charge in [0, 0.05) is 71.0 Å². The Morgan fingerprint density at radius 1 is 0.585 bits per heavy atom. The van der Waals surface area contributed by atoms with Crippen LogP contribution in [0.5, 0.6) is 0 Å². The van der Waals surface area contributed by atoms with E-state index in [0.717, 1.165) is 22.5 Å². The van der Waals surface area contributed by atoms with E-state index in [9.17, 15) is 19.2 Å². The number of carbonyl (C=O) groups excluding carboxylic acids is 4. The van der Waals surface area contributed by atoms with E-state index < -0.39 is 12.1 Å². The number of rotatable bonds is 8. The molecule has 0 atom stereocenters. The van der Waals surface area contributed by atoms with Crippen molar-refractivity contribution in [3.63, 3.8) is 0 Å². The number of aromatic nitrogens is 2. The number of anilines is 2. The molecule has 0 saturated heterocycles. The summed E-state index contributed by atoms with van der Waals surface area (Å²) in [6.45, 7) is 3.34. The van der Waals surface area contributed by atoms with Gasteiger partial charge in [-0.2, -0.15) is 0 Å². The Morgan fingerprint density at radius 3 is 1.34 bits per heavy atom. The first-order valence-electron chi connectivity index (χ1n) is 15.3. The number of benzene rings is 2. The molecule has 6 N–H and O–H groups in total. The predicted molar refractivity (Wildman–Crippen MR) is 207 cm³/mol. The summed E-state index contributed by atoms with van der Waals surface area (Å²) in [4.78, 5) is 56.4. The van der Waals surface area contributed by atoms with Gasteiger partial charge in [0.25, 0.3) is 0 Å². The fraction of sp³-hybridized carbons (Fsp3) is 0.0556. The van der Waals surface area contributed by atoms with Crippen molar-refractivity contribution >= 4 is 79.8 Å². The Kier molecular flexibility index (Phi) is 14.9. The van der Waals surface area contributed by atoms with Gasteiger partial charge in [0.05, 0.1) is 11.4 Å². The van der Waals surface area contributed by atoms with Gasteiger partial charge in [-0.25, -0.2) is 19.6 Å². The van der Waals surface area contributed by atoms with E-state index >= 15 is 0 Å². The first-order chi connectivity index (χ1) is 25.0. The van der Waals surface area contributed by atoms with Gasteiger partial charge >= 0.3 is 12.1 Å². The van der Waals surface area contributed by atoms with Gasteiger partial charge in [-0.3, -0.25) is 31.1 Å². The van der Waals surface area contributed by atoms with Crippen LogP contribution in [0.2, 0.25) is 0 Å². The summed E-state index contributed by atoms with van der Waals surface area (Å²) in [6, 6.07) is 18.4. The van der Waals surface area contributed by atoms with Gasteiger partial charge in [0.2, 0.25) is 0 Å². The van der Waals surface area contributed by atoms with E-state index in [2.05, 4.69) is 42.3 Å². The van der Waals surface area contributed by atoms with Crippen molar-refractivity contribution in [3.8, 4) is 22.5 Å². The molecule has 4 aromatic rings. The van der Waals surface area contributed by atoms with Crippen LogP contribution >= 0.6 is 45.9 Å². The van der Waals surface area contributed by atoms with Crippen LogP contribution in [0.25, 0.3) is 22.5 Å². The zero-order valence-electron chi connectivity index (χ0n) is 27.8. The minimum Gasteiger partial charge on any atom is -0.301 e. The third-order valence-electron chi connectivity index (χ3n) is 7.01. The fourth-order valence-electron chi connectivity index (χ4n) is 4.43. The number of amides is 4. The van der Waals surface area contributed by atoms with Gasteiger partial charge < -0.3 is 10.9 Å². The SMILES string of the molecule is C/C(NNC(=O)Nc1nc(-c2ccccc2)cs1)=C1/C=C(Cl)C=CC1=O.C/C(NNC(=O)Nc1nc(-c2ccccc2)cs1)=C1\C=C(Cl)C=CC1=O.[Ni]. The number of hydrazine groups is 2. The first kappa shape index (κ1) is 40.5. The maximum Gasteiger partial charge on any atom is 0.339 e. The molecular weight excluding hydrogens is 802 g/mol. The van der Waals surface area contributed by atoms with Crippen molar-refractivity contribution in [3.05, 3.63) is 140 Å². The van der Waals surface area contributed by atoms with E-state index in [1.165, 1.54) is 47.0 Å². The summed E-state index contributed by atoms with van der Waals surface area (Å²) in [5.41, 5.74) is 15.6. The molecule has 274 valence electrons. The molecule has 0 saturated carbocycles. The number of ketones is 2. The quantitative estimate of drug-likeness (QED) is 0.0592. The van der Waals surface area contributed by atoms with Crippen LogP contribution in [0, 0.1) is 0 Å². The summed E-state index contributed by atoms with van der Waals surface area (Å²) in [5, 5.41) is 10.8. The molecule has 17 heteroatoms. The van der Waals surface area contributed by atoms with E-state index in [-0.39, 0.29) is 28.1 Å². The van der Waals surface area contributed by atoms with Crippen LogP contribution < -0.4 is 32.3 Å². The normalized spacial score (nSPS) is 15.0. The molecule has 0 unspecified atom stereocenters. The van der Waals surface area contributed by atoms with E-state index in [0.29, 0.717) is 42.9 Å². The third-order valence-corrected chi connectivity index (χ3v) is 8.99. The first-order valence-corrected chi connectivity index (χ1v) is 17.9. The third kappa shape index (κ3) is 11.9. The summed E-state index contributed by atoms with van der Waals surface area (Å²) < 4.78 is 0. The number of carbonyl (C=O) groups is 4. The van der Waals surface area contributed by atoms with Crippen LogP contribution in [-0.4, -0.2) is 33.6 Å². The summed E-state index contributed by atoms with van der Waals surface area (Å²) in [6.07, 6.45) is 8.88. The molecule has 2 aromatic heterocycles. The Balaban J connectivity index is 0.000000232. The summed E-state index contributed by atoms with van der Waals surface area (Å²) in [5.74, 6) is -0.372. The van der Waals surface area contributed by atoms with Gasteiger partial charge in [0.15, 0.2) is 21.8 Å². The largest absolute Gasteiger partial charge is 0.339 e. The maximum absolute atomic E-state index is 12.0. The average Bonchev–Trinajstić information content (AvgIpc) is 3.82. The minimum absolute atomic E-state index is 0. The Bertz CT molecular complexity index is 2020. The van der Waals surface area contributed by atoms with Crippen LogP contribution in [0.15, 0.2) is 140 Å². The molecule has 2 aliphatic rings. The maximum atomic E-state index is 12.0. The van der Waals surface area contributed by atoms with Crippen LogP contribution in [0.4, 0.5) is 19.9 Å². The van der Waals surface area contributed by atoms with Crippen LogP contribution in [0.3, 0.4) is 0 Å². The molecule has 0 aliphatic heterocycles. The Morgan fingerprint density at radius 2 is 0.962 bits per heavy atom. The molecule has 2 aromatic carbocycles. The van der Waals surface area contributed by atoms with Gasteiger partial charge in [-0.1, -0.05) is 83.9 Å². The molecule has 2 aliphatic carbocycles. The topological polar surface area (TPSA) is 166 Å². The second-order valence-electron chi connectivity index (χ2n) is 10.7.